The predicted octanol–water partition coefficient (Wildman–Crippen LogP) is 3.25. The molecule has 2 aromatic rings. The van der Waals surface area contributed by atoms with E-state index in [4.69, 9.17) is 4.74 Å². The molecule has 0 aliphatic carbocycles. The molecule has 1 aromatic heterocycles. The maximum absolute atomic E-state index is 12.6. The van der Waals surface area contributed by atoms with Crippen molar-refractivity contribution in [2.24, 2.45) is 0 Å². The molecule has 1 fully saturated rings. The molecule has 1 aliphatic heterocycles. The molecule has 2 heterocycles. The van der Waals surface area contributed by atoms with Crippen molar-refractivity contribution in [2.75, 3.05) is 13.1 Å². The molecule has 0 spiro atoms. The molecular formula is C20H25N3O3S. The van der Waals surface area contributed by atoms with Gasteiger partial charge in [-0.15, -0.1) is 0 Å². The number of rotatable bonds is 5. The van der Waals surface area contributed by atoms with Crippen LogP contribution in [0, 0.1) is 20.8 Å². The summed E-state index contributed by atoms with van der Waals surface area (Å²) in [4.78, 5) is 8.52. The van der Waals surface area contributed by atoms with E-state index >= 15 is 0 Å². The second-order valence-corrected chi connectivity index (χ2v) is 8.69. The molecule has 3 rings (SSSR count). The van der Waals surface area contributed by atoms with Gasteiger partial charge in [0.2, 0.25) is 15.9 Å². The SMILES string of the molecule is Cc1ccc(/C=C/S(=O)(=O)N2CCC(Oc3cc(C)nc(C)n3)CC2)cc1. The Labute approximate surface area is 161 Å². The van der Waals surface area contributed by atoms with E-state index in [-0.39, 0.29) is 6.10 Å². The summed E-state index contributed by atoms with van der Waals surface area (Å²) in [7, 11) is -3.43. The van der Waals surface area contributed by atoms with E-state index in [0.29, 0.717) is 37.6 Å². The average molecular weight is 388 g/mol. The van der Waals surface area contributed by atoms with Crippen molar-refractivity contribution in [1.29, 1.82) is 0 Å². The summed E-state index contributed by atoms with van der Waals surface area (Å²) in [5.41, 5.74) is 2.88. The van der Waals surface area contributed by atoms with E-state index < -0.39 is 10.0 Å². The molecule has 6 nitrogen and oxygen atoms in total. The van der Waals surface area contributed by atoms with Crippen molar-refractivity contribution in [2.45, 2.75) is 39.7 Å². The molecule has 1 aliphatic rings. The minimum Gasteiger partial charge on any atom is -0.474 e. The first-order valence-electron chi connectivity index (χ1n) is 9.06. The van der Waals surface area contributed by atoms with Crippen molar-refractivity contribution >= 4 is 16.1 Å². The van der Waals surface area contributed by atoms with E-state index in [9.17, 15) is 8.42 Å². The van der Waals surface area contributed by atoms with Crippen LogP contribution < -0.4 is 4.74 Å². The van der Waals surface area contributed by atoms with E-state index in [1.54, 1.807) is 12.1 Å². The first kappa shape index (κ1) is 19.5. The van der Waals surface area contributed by atoms with Gasteiger partial charge in [-0.3, -0.25) is 0 Å². The van der Waals surface area contributed by atoms with Crippen LogP contribution in [0.2, 0.25) is 0 Å². The monoisotopic (exact) mass is 387 g/mol. The van der Waals surface area contributed by atoms with Gasteiger partial charge in [-0.1, -0.05) is 29.8 Å². The molecule has 144 valence electrons. The Balaban J connectivity index is 1.58. The van der Waals surface area contributed by atoms with Gasteiger partial charge in [0.25, 0.3) is 0 Å². The molecule has 7 heteroatoms. The summed E-state index contributed by atoms with van der Waals surface area (Å²) in [6.45, 7) is 6.61. The van der Waals surface area contributed by atoms with E-state index in [0.717, 1.165) is 16.8 Å². The van der Waals surface area contributed by atoms with Crippen LogP contribution in [0.5, 0.6) is 5.88 Å². The van der Waals surface area contributed by atoms with Crippen LogP contribution in [0.1, 0.15) is 35.5 Å². The highest BCUT2D eigenvalue weighted by molar-refractivity contribution is 7.92. The van der Waals surface area contributed by atoms with Crippen LogP contribution in [0.25, 0.3) is 6.08 Å². The number of hydrogen-bond acceptors (Lipinski definition) is 5. The second kappa shape index (κ2) is 8.19. The summed E-state index contributed by atoms with van der Waals surface area (Å²) in [6, 6.07) is 9.55. The Morgan fingerprint density at radius 3 is 2.37 bits per heavy atom. The Bertz CT molecular complexity index is 896. The summed E-state index contributed by atoms with van der Waals surface area (Å²) in [5.74, 6) is 1.23. The second-order valence-electron chi connectivity index (χ2n) is 6.87. The van der Waals surface area contributed by atoms with Crippen molar-refractivity contribution in [3.8, 4) is 5.88 Å². The third kappa shape index (κ3) is 5.37. The van der Waals surface area contributed by atoms with Gasteiger partial charge < -0.3 is 4.74 Å². The quantitative estimate of drug-likeness (QED) is 0.787. The Hall–Kier alpha value is -2.25. The van der Waals surface area contributed by atoms with Gasteiger partial charge in [-0.2, -0.15) is 9.29 Å². The van der Waals surface area contributed by atoms with E-state index in [1.165, 1.54) is 9.71 Å². The number of ether oxygens (including phenoxy) is 1. The zero-order valence-electron chi connectivity index (χ0n) is 15.9. The number of sulfonamides is 1. The predicted molar refractivity (Wildman–Crippen MR) is 106 cm³/mol. The van der Waals surface area contributed by atoms with Gasteiger partial charge in [0.1, 0.15) is 11.9 Å². The highest BCUT2D eigenvalue weighted by atomic mass is 32.2. The zero-order chi connectivity index (χ0) is 19.4. The van der Waals surface area contributed by atoms with Gasteiger partial charge >= 0.3 is 0 Å². The van der Waals surface area contributed by atoms with Crippen LogP contribution in [0.3, 0.4) is 0 Å². The molecule has 27 heavy (non-hydrogen) atoms. The third-order valence-corrected chi connectivity index (χ3v) is 6.07. The van der Waals surface area contributed by atoms with Crippen molar-refractivity contribution in [1.82, 2.24) is 14.3 Å². The topological polar surface area (TPSA) is 72.4 Å². The van der Waals surface area contributed by atoms with Gasteiger partial charge in [0.15, 0.2) is 0 Å². The number of piperidine rings is 1. The lowest BCUT2D eigenvalue weighted by Crippen LogP contribution is -2.41. The maximum atomic E-state index is 12.6. The summed E-state index contributed by atoms with van der Waals surface area (Å²) in [6.07, 6.45) is 2.88. The normalized spacial score (nSPS) is 16.7. The van der Waals surface area contributed by atoms with Crippen LogP contribution in [0.4, 0.5) is 0 Å². The first-order chi connectivity index (χ1) is 12.8. The lowest BCUT2D eigenvalue weighted by atomic mass is 10.1. The van der Waals surface area contributed by atoms with Crippen molar-refractivity contribution < 1.29 is 13.2 Å². The average Bonchev–Trinajstić information content (AvgIpc) is 2.61. The molecule has 0 bridgehead atoms. The number of hydrogen-bond donors (Lipinski definition) is 0. The highest BCUT2D eigenvalue weighted by Gasteiger charge is 2.27. The van der Waals surface area contributed by atoms with Gasteiger partial charge in [-0.25, -0.2) is 13.4 Å². The van der Waals surface area contributed by atoms with E-state index in [2.05, 4.69) is 9.97 Å². The molecule has 0 unspecified atom stereocenters. The molecule has 0 saturated carbocycles. The Morgan fingerprint density at radius 1 is 1.07 bits per heavy atom. The van der Waals surface area contributed by atoms with Crippen LogP contribution in [-0.2, 0) is 10.0 Å². The Kier molecular flexibility index (Phi) is 5.92. The first-order valence-corrected chi connectivity index (χ1v) is 10.6. The summed E-state index contributed by atoms with van der Waals surface area (Å²) < 4.78 is 32.6. The van der Waals surface area contributed by atoms with Crippen molar-refractivity contribution in [3.05, 3.63) is 58.4 Å². The zero-order valence-corrected chi connectivity index (χ0v) is 16.7. The van der Waals surface area contributed by atoms with E-state index in [1.807, 2.05) is 45.0 Å². The number of nitrogens with zero attached hydrogens (tertiary/aromatic N) is 3. The smallest absolute Gasteiger partial charge is 0.236 e. The molecule has 0 radical (unpaired) electrons. The fourth-order valence-electron chi connectivity index (χ4n) is 3.05. The van der Waals surface area contributed by atoms with Crippen LogP contribution >= 0.6 is 0 Å². The molecule has 0 amide bonds. The minimum absolute atomic E-state index is 0.0359. The molecule has 0 atom stereocenters. The fourth-order valence-corrected chi connectivity index (χ4v) is 4.27. The standard InChI is InChI=1S/C20H25N3O3S/c1-15-4-6-18(7-5-15)10-13-27(24,25)23-11-8-19(9-12-23)26-20-14-16(2)21-17(3)22-20/h4-7,10,13-14,19H,8-9,11-12H2,1-3H3/b13-10+. The van der Waals surface area contributed by atoms with Gasteiger partial charge in [-0.05, 0) is 45.3 Å². The van der Waals surface area contributed by atoms with Crippen LogP contribution in [-0.4, -0.2) is 41.9 Å². The number of benzene rings is 1. The Morgan fingerprint density at radius 2 is 1.74 bits per heavy atom. The van der Waals surface area contributed by atoms with Crippen LogP contribution in [0.15, 0.2) is 35.7 Å². The maximum Gasteiger partial charge on any atom is 0.236 e. The molecule has 1 saturated heterocycles. The third-order valence-electron chi connectivity index (χ3n) is 4.50. The largest absolute Gasteiger partial charge is 0.474 e. The summed E-state index contributed by atoms with van der Waals surface area (Å²) >= 11 is 0. The minimum atomic E-state index is -3.43. The number of aryl methyl sites for hydroxylation is 3. The lowest BCUT2D eigenvalue weighted by molar-refractivity contribution is 0.130. The molecule has 1 aromatic carbocycles. The lowest BCUT2D eigenvalue weighted by Gasteiger charge is -2.30. The fraction of sp³-hybridized carbons (Fsp3) is 0.400. The van der Waals surface area contributed by atoms with Gasteiger partial charge in [0.05, 0.1) is 0 Å². The number of aromatic nitrogens is 2. The molecule has 0 N–H and O–H groups in total. The highest BCUT2D eigenvalue weighted by Crippen LogP contribution is 2.21. The summed E-state index contributed by atoms with van der Waals surface area (Å²) in [5, 5.41) is 1.29. The van der Waals surface area contributed by atoms with Gasteiger partial charge in [0, 0.05) is 30.3 Å². The molecular weight excluding hydrogens is 362 g/mol. The van der Waals surface area contributed by atoms with Crippen molar-refractivity contribution in [3.63, 3.8) is 0 Å².